The Morgan fingerprint density at radius 1 is 1.18 bits per heavy atom. The monoisotopic (exact) mass is 233 g/mol. The quantitative estimate of drug-likeness (QED) is 0.794. The van der Waals surface area contributed by atoms with Crippen LogP contribution in [0, 0.1) is 0 Å². The van der Waals surface area contributed by atoms with Crippen LogP contribution in [0.25, 0.3) is 0 Å². The largest absolute Gasteiger partial charge is 0.391 e. The third-order valence-electron chi connectivity index (χ3n) is 3.80. The van der Waals surface area contributed by atoms with Crippen molar-refractivity contribution >= 4 is 5.82 Å². The highest BCUT2D eigenvalue weighted by molar-refractivity contribution is 5.50. The number of aryl methyl sites for hydroxylation is 1. The fourth-order valence-corrected chi connectivity index (χ4v) is 2.92. The minimum atomic E-state index is -0.196. The van der Waals surface area contributed by atoms with Gasteiger partial charge in [0.1, 0.15) is 12.1 Å². The van der Waals surface area contributed by atoms with Crippen LogP contribution in [0.15, 0.2) is 6.33 Å². The van der Waals surface area contributed by atoms with Crippen molar-refractivity contribution in [3.05, 3.63) is 17.6 Å². The molecule has 0 amide bonds. The lowest BCUT2D eigenvalue weighted by atomic mass is 9.95. The molecule has 1 aliphatic carbocycles. The van der Waals surface area contributed by atoms with Crippen LogP contribution in [0.5, 0.6) is 0 Å². The van der Waals surface area contributed by atoms with Gasteiger partial charge < -0.3 is 10.0 Å². The summed E-state index contributed by atoms with van der Waals surface area (Å²) >= 11 is 0. The molecular formula is C13H19N3O. The summed E-state index contributed by atoms with van der Waals surface area (Å²) < 4.78 is 0. The van der Waals surface area contributed by atoms with Crippen LogP contribution in [0.1, 0.15) is 36.9 Å². The Bertz CT molecular complexity index is 408. The number of rotatable bonds is 1. The van der Waals surface area contributed by atoms with Gasteiger partial charge in [0.25, 0.3) is 0 Å². The van der Waals surface area contributed by atoms with E-state index in [1.54, 1.807) is 6.33 Å². The van der Waals surface area contributed by atoms with Crippen molar-refractivity contribution in [3.63, 3.8) is 0 Å². The van der Waals surface area contributed by atoms with E-state index in [1.165, 1.54) is 24.1 Å². The van der Waals surface area contributed by atoms with Crippen molar-refractivity contribution in [3.8, 4) is 0 Å². The second-order valence-corrected chi connectivity index (χ2v) is 5.07. The first-order valence-corrected chi connectivity index (χ1v) is 6.60. The van der Waals surface area contributed by atoms with Gasteiger partial charge in [0, 0.05) is 24.3 Å². The molecule has 1 aromatic heterocycles. The van der Waals surface area contributed by atoms with Crippen molar-refractivity contribution in [2.45, 2.75) is 44.6 Å². The van der Waals surface area contributed by atoms with Crippen molar-refractivity contribution in [2.24, 2.45) is 0 Å². The highest BCUT2D eigenvalue weighted by atomic mass is 16.3. The maximum Gasteiger partial charge on any atom is 0.135 e. The zero-order chi connectivity index (χ0) is 11.7. The van der Waals surface area contributed by atoms with E-state index in [9.17, 15) is 5.11 Å². The van der Waals surface area contributed by atoms with Gasteiger partial charge in [-0.05, 0) is 38.5 Å². The van der Waals surface area contributed by atoms with Crippen LogP contribution in [-0.4, -0.2) is 34.3 Å². The van der Waals surface area contributed by atoms with Crippen LogP contribution in [0.4, 0.5) is 5.82 Å². The van der Waals surface area contributed by atoms with E-state index in [2.05, 4.69) is 14.9 Å². The molecule has 2 aliphatic rings. The van der Waals surface area contributed by atoms with Crippen molar-refractivity contribution in [1.29, 1.82) is 0 Å². The highest BCUT2D eigenvalue weighted by Gasteiger charge is 2.23. The molecule has 0 aromatic carbocycles. The molecule has 1 fully saturated rings. The predicted molar refractivity (Wildman–Crippen MR) is 66.1 cm³/mol. The molecule has 92 valence electrons. The average Bonchev–Trinajstić information content (AvgIpc) is 2.38. The molecule has 0 radical (unpaired) electrons. The second kappa shape index (κ2) is 4.61. The molecule has 0 unspecified atom stereocenters. The molecule has 4 nitrogen and oxygen atoms in total. The number of aliphatic hydroxyl groups excluding tert-OH is 1. The van der Waals surface area contributed by atoms with E-state index >= 15 is 0 Å². The molecule has 1 aromatic rings. The highest BCUT2D eigenvalue weighted by Crippen LogP contribution is 2.28. The van der Waals surface area contributed by atoms with Crippen molar-refractivity contribution in [1.82, 2.24) is 9.97 Å². The number of hydrogen-bond acceptors (Lipinski definition) is 4. The number of hydrogen-bond donors (Lipinski definition) is 1. The summed E-state index contributed by atoms with van der Waals surface area (Å²) in [5.74, 6) is 1.08. The summed E-state index contributed by atoms with van der Waals surface area (Å²) in [5, 5.41) is 9.76. The Morgan fingerprint density at radius 3 is 2.94 bits per heavy atom. The number of fused-ring (bicyclic) bond motifs is 1. The molecule has 0 saturated carbocycles. The van der Waals surface area contributed by atoms with Gasteiger partial charge in [-0.25, -0.2) is 9.97 Å². The van der Waals surface area contributed by atoms with E-state index in [4.69, 9.17) is 0 Å². The van der Waals surface area contributed by atoms with Crippen LogP contribution in [0.2, 0.25) is 0 Å². The van der Waals surface area contributed by atoms with Gasteiger partial charge in [-0.3, -0.25) is 0 Å². The molecule has 3 rings (SSSR count). The van der Waals surface area contributed by atoms with Crippen LogP contribution < -0.4 is 4.90 Å². The number of β-amino-alcohol motifs (C(OH)–C–C–N with tert-alkyl or cyclic N) is 1. The minimum Gasteiger partial charge on any atom is -0.391 e. The minimum absolute atomic E-state index is 0.196. The standard InChI is InChI=1S/C13H19N3O/c17-10-4-3-7-16(8-10)13-11-5-1-2-6-12(11)14-9-15-13/h9-10,17H,1-8H2/t10-/m1/s1. The predicted octanol–water partition coefficient (Wildman–Crippen LogP) is 1.32. The Kier molecular flexibility index (Phi) is 2.97. The van der Waals surface area contributed by atoms with Gasteiger partial charge in [0.15, 0.2) is 0 Å². The van der Waals surface area contributed by atoms with Crippen molar-refractivity contribution in [2.75, 3.05) is 18.0 Å². The second-order valence-electron chi connectivity index (χ2n) is 5.07. The Labute approximate surface area is 102 Å². The summed E-state index contributed by atoms with van der Waals surface area (Å²) in [5.41, 5.74) is 2.55. The number of anilines is 1. The average molecular weight is 233 g/mol. The number of aliphatic hydroxyl groups is 1. The molecule has 17 heavy (non-hydrogen) atoms. The first-order valence-electron chi connectivity index (χ1n) is 6.60. The van der Waals surface area contributed by atoms with E-state index in [1.807, 2.05) is 0 Å². The van der Waals surface area contributed by atoms with Gasteiger partial charge >= 0.3 is 0 Å². The number of aromatic nitrogens is 2. The summed E-state index contributed by atoms with van der Waals surface area (Å²) in [6.07, 6.45) is 8.12. The molecule has 2 heterocycles. The van der Waals surface area contributed by atoms with Crippen LogP contribution in [0.3, 0.4) is 0 Å². The van der Waals surface area contributed by atoms with Crippen molar-refractivity contribution < 1.29 is 5.11 Å². The molecule has 1 saturated heterocycles. The molecule has 1 atom stereocenters. The summed E-state index contributed by atoms with van der Waals surface area (Å²) in [6.45, 7) is 1.74. The van der Waals surface area contributed by atoms with E-state index in [0.29, 0.717) is 0 Å². The Hall–Kier alpha value is -1.16. The van der Waals surface area contributed by atoms with Gasteiger partial charge in [-0.2, -0.15) is 0 Å². The zero-order valence-electron chi connectivity index (χ0n) is 10.1. The van der Waals surface area contributed by atoms with E-state index in [0.717, 1.165) is 44.6 Å². The van der Waals surface area contributed by atoms with E-state index in [-0.39, 0.29) is 6.10 Å². The number of nitrogens with zero attached hydrogens (tertiary/aromatic N) is 3. The Morgan fingerprint density at radius 2 is 2.06 bits per heavy atom. The van der Waals surface area contributed by atoms with Gasteiger partial charge in [0.05, 0.1) is 6.10 Å². The SMILES string of the molecule is O[C@@H]1CCCN(c2ncnc3c2CCCC3)C1. The van der Waals surface area contributed by atoms with Gasteiger partial charge in [-0.15, -0.1) is 0 Å². The fourth-order valence-electron chi connectivity index (χ4n) is 2.92. The lowest BCUT2D eigenvalue weighted by Gasteiger charge is -2.33. The summed E-state index contributed by atoms with van der Waals surface area (Å²) in [7, 11) is 0. The number of piperidine rings is 1. The summed E-state index contributed by atoms with van der Waals surface area (Å²) in [6, 6.07) is 0. The third kappa shape index (κ3) is 2.14. The molecule has 0 bridgehead atoms. The van der Waals surface area contributed by atoms with E-state index < -0.39 is 0 Å². The van der Waals surface area contributed by atoms with Crippen LogP contribution >= 0.6 is 0 Å². The first-order chi connectivity index (χ1) is 8.34. The smallest absolute Gasteiger partial charge is 0.135 e. The molecule has 0 spiro atoms. The van der Waals surface area contributed by atoms with Gasteiger partial charge in [-0.1, -0.05) is 0 Å². The Balaban J connectivity index is 1.91. The molecule has 1 N–H and O–H groups in total. The lowest BCUT2D eigenvalue weighted by Crippen LogP contribution is -2.39. The third-order valence-corrected chi connectivity index (χ3v) is 3.80. The fraction of sp³-hybridized carbons (Fsp3) is 0.692. The molecule has 4 heteroatoms. The normalized spacial score (nSPS) is 24.5. The van der Waals surface area contributed by atoms with Gasteiger partial charge in [0.2, 0.25) is 0 Å². The summed E-state index contributed by atoms with van der Waals surface area (Å²) in [4.78, 5) is 11.1. The maximum absolute atomic E-state index is 9.76. The molecule has 1 aliphatic heterocycles. The topological polar surface area (TPSA) is 49.2 Å². The maximum atomic E-state index is 9.76. The molecular weight excluding hydrogens is 214 g/mol. The zero-order valence-corrected chi connectivity index (χ0v) is 10.1. The first kappa shape index (κ1) is 11.0. The lowest BCUT2D eigenvalue weighted by molar-refractivity contribution is 0.153. The van der Waals surface area contributed by atoms with Crippen LogP contribution in [-0.2, 0) is 12.8 Å².